The minimum absolute atomic E-state index is 0. The van der Waals surface area contributed by atoms with Crippen molar-refractivity contribution in [2.75, 3.05) is 39.5 Å². The van der Waals surface area contributed by atoms with Crippen LogP contribution in [0.3, 0.4) is 0 Å². The smallest absolute Gasteiger partial charge is 0.465 e. The van der Waals surface area contributed by atoms with E-state index < -0.39 is 74.4 Å². The molecule has 0 aliphatic carbocycles. The lowest BCUT2D eigenvalue weighted by molar-refractivity contribution is -0.171. The van der Waals surface area contributed by atoms with E-state index in [2.05, 4.69) is 45.1 Å². The van der Waals surface area contributed by atoms with Gasteiger partial charge in [0.15, 0.2) is 0 Å². The zero-order valence-corrected chi connectivity index (χ0v) is 52.5. The van der Waals surface area contributed by atoms with E-state index in [4.69, 9.17) is 67.8 Å². The fourth-order valence-corrected chi connectivity index (χ4v) is 9.53. The molecule has 3 aromatic carbocycles. The minimum atomic E-state index is -4.27. The second-order valence-electron chi connectivity index (χ2n) is 16.5. The number of amides is 4. The van der Waals surface area contributed by atoms with E-state index in [0.29, 0.717) is 36.2 Å². The number of hydrogen-bond acceptors (Lipinski definition) is 20. The number of carbonyl (C=O) groups excluding carboxylic acids is 7. The molecule has 0 bridgehead atoms. The van der Waals surface area contributed by atoms with Gasteiger partial charge >= 0.3 is 38.6 Å². The molecule has 0 radical (unpaired) electrons. The molecule has 31 heteroatoms. The first kappa shape index (κ1) is 78.4. The number of hydrogen-bond donors (Lipinski definition) is 4. The van der Waals surface area contributed by atoms with E-state index >= 15 is 0 Å². The normalized spacial score (nSPS) is 15.1. The average Bonchev–Trinajstić information content (AvgIpc) is 3.89. The van der Waals surface area contributed by atoms with Gasteiger partial charge < -0.3 is 38.4 Å². The fraction of sp³-hybridized carbons (Fsp3) is 0.500. The molecule has 0 aromatic heterocycles. The third-order valence-electron chi connectivity index (χ3n) is 9.58. The van der Waals surface area contributed by atoms with Crippen LogP contribution in [-0.2, 0) is 66.1 Å². The summed E-state index contributed by atoms with van der Waals surface area (Å²) in [5, 5.41) is 13.8. The second kappa shape index (κ2) is 43.1. The lowest BCUT2D eigenvalue weighted by Gasteiger charge is -2.25. The first-order valence-electron chi connectivity index (χ1n) is 25.4. The van der Waals surface area contributed by atoms with Crippen molar-refractivity contribution in [1.82, 2.24) is 25.2 Å². The Morgan fingerprint density at radius 3 is 1.21 bits per heavy atom. The number of halogens is 4. The molecule has 2 aliphatic rings. The van der Waals surface area contributed by atoms with Gasteiger partial charge in [-0.1, -0.05) is 96.1 Å². The molecule has 5 N–H and O–H groups in total. The Kier molecular flexibility index (Phi) is 41.7. The molecule has 458 valence electrons. The van der Waals surface area contributed by atoms with Gasteiger partial charge in [0.1, 0.15) is 35.4 Å². The summed E-state index contributed by atoms with van der Waals surface area (Å²) in [7, 11) is -4.27. The molecule has 2 aliphatic heterocycles. The van der Waals surface area contributed by atoms with Crippen LogP contribution in [0.1, 0.15) is 107 Å². The molecule has 5 atom stereocenters. The van der Waals surface area contributed by atoms with E-state index in [-0.39, 0.29) is 61.5 Å². The highest BCUT2D eigenvalue weighted by atomic mass is 35.9. The largest absolute Gasteiger partial charge is 0.481 e. The number of imide groups is 2. The lowest BCUT2D eigenvalue weighted by Crippen LogP contribution is -2.38. The summed E-state index contributed by atoms with van der Waals surface area (Å²) in [6.07, 6.45) is -1.04. The zero-order chi connectivity index (χ0) is 60.9. The van der Waals surface area contributed by atoms with E-state index in [1.54, 1.807) is 85.8 Å². The van der Waals surface area contributed by atoms with Crippen LogP contribution in [0.2, 0.25) is 0 Å². The van der Waals surface area contributed by atoms with Gasteiger partial charge in [-0.15, -0.1) is 17.5 Å². The number of nitrogens with one attached hydrogen (secondary N) is 2. The second-order valence-corrected chi connectivity index (χ2v) is 25.0. The van der Waals surface area contributed by atoms with Gasteiger partial charge in [-0.05, 0) is 96.1 Å². The maximum atomic E-state index is 13.1. The van der Waals surface area contributed by atoms with Crippen molar-refractivity contribution in [3.8, 4) is 17.2 Å². The Hall–Kier alpha value is -4.64. The van der Waals surface area contributed by atoms with Crippen molar-refractivity contribution < 1.29 is 84.9 Å². The topological polar surface area (TPSA) is 315 Å². The van der Waals surface area contributed by atoms with Gasteiger partial charge in [0.2, 0.25) is 0 Å². The predicted octanol–water partition coefficient (Wildman–Crippen LogP) is 10.8. The first-order chi connectivity index (χ1) is 37.6. The van der Waals surface area contributed by atoms with Crippen LogP contribution in [0.15, 0.2) is 91.0 Å². The van der Waals surface area contributed by atoms with Crippen LogP contribution in [0, 0.1) is 0 Å². The van der Waals surface area contributed by atoms with Crippen LogP contribution in [0.5, 0.6) is 17.2 Å². The van der Waals surface area contributed by atoms with Crippen molar-refractivity contribution in [1.29, 1.82) is 0 Å². The van der Waals surface area contributed by atoms with Crippen LogP contribution >= 0.6 is 66.8 Å². The molecule has 4 amide bonds. The Labute approximate surface area is 494 Å². The lowest BCUT2D eigenvalue weighted by atomic mass is 10.3. The summed E-state index contributed by atoms with van der Waals surface area (Å²) in [6.45, 7) is 17.7. The average molecular weight is 1280 g/mol. The van der Waals surface area contributed by atoms with Gasteiger partial charge in [-0.25, -0.2) is 18.8 Å². The van der Waals surface area contributed by atoms with Crippen LogP contribution in [-0.4, -0.2) is 119 Å². The molecule has 2 saturated heterocycles. The van der Waals surface area contributed by atoms with Gasteiger partial charge in [0, 0.05) is 59.4 Å². The Balaban J connectivity index is 0. The summed E-state index contributed by atoms with van der Waals surface area (Å²) in [4.78, 5) is 80.4. The first-order valence-corrected chi connectivity index (χ1v) is 32.9. The minimum Gasteiger partial charge on any atom is -0.465 e. The molecule has 24 nitrogen and oxygen atoms in total. The Bertz CT molecular complexity index is 2430. The summed E-state index contributed by atoms with van der Waals surface area (Å²) in [6, 6.07) is 22.7. The maximum absolute atomic E-state index is 13.1. The van der Waals surface area contributed by atoms with Crippen LogP contribution in [0.25, 0.3) is 0 Å². The van der Waals surface area contributed by atoms with E-state index in [1.165, 1.54) is 45.6 Å². The molecule has 2 unspecified atom stereocenters. The molecular weight excluding hydrogens is 1210 g/mol. The van der Waals surface area contributed by atoms with Crippen LogP contribution in [0.4, 0.5) is 0 Å². The van der Waals surface area contributed by atoms with Gasteiger partial charge in [0.25, 0.3) is 23.6 Å². The van der Waals surface area contributed by atoms with Crippen molar-refractivity contribution >= 4 is 108 Å². The Morgan fingerprint density at radius 1 is 0.568 bits per heavy atom. The summed E-state index contributed by atoms with van der Waals surface area (Å²) in [5.41, 5.74) is 5.20. The summed E-state index contributed by atoms with van der Waals surface area (Å²) >= 11 is 16.1. The quantitative estimate of drug-likeness (QED) is 0.0213. The molecule has 0 saturated carbocycles. The number of benzene rings is 3. The third kappa shape index (κ3) is 36.5. The Morgan fingerprint density at radius 2 is 0.901 bits per heavy atom. The van der Waals surface area contributed by atoms with Crippen LogP contribution < -0.4 is 29.5 Å². The molecule has 0 spiro atoms. The maximum Gasteiger partial charge on any atom is 0.481 e. The zero-order valence-electron chi connectivity index (χ0n) is 46.8. The monoisotopic (exact) mass is 1280 g/mol. The number of carbonyl (C=O) groups is 7. The molecule has 3 aromatic rings. The van der Waals surface area contributed by atoms with E-state index in [0.717, 1.165) is 12.8 Å². The third-order valence-corrected chi connectivity index (χ3v) is 13.6. The molecule has 2 heterocycles. The van der Waals surface area contributed by atoms with Crippen molar-refractivity contribution in [2.45, 2.75) is 125 Å². The molecule has 2 fully saturated rings. The fourth-order valence-electron chi connectivity index (χ4n) is 5.49. The van der Waals surface area contributed by atoms with E-state index in [1.807, 2.05) is 20.8 Å². The SMILES string of the molecule is CCCOC(=O)[C@H](C)N.CCCOC(=O)[C@H](C)NP(=O)(Cl)Oc1ccccc1.CCCOC(=O)[C@H](C)NP(=O)(Oc1ccccc1)ON1C(=O)CCC1=O.CCN(CC)CC.Cl.O=C1CCC(=O)N1O.O=P(Cl)(Cl)Oc1ccccc1. The number of rotatable bonds is 24. The number of nitrogens with zero attached hydrogens (tertiary/aromatic N) is 3. The standard InChI is InChI=1S/C16H21N2O7P.C12H17ClNO4P.C6H5Cl2O2P.C6H13NO2.C6H15N.C4H5NO3.ClH/c1-3-11-23-16(21)12(2)17-26(22,24-13-7-5-4-6-8-13)25-18-14(19)9-10-15(18)20;1-3-9-17-12(15)10(2)14-19(13,16)18-11-7-5-4-6-8-11;7-11(8,9)10-6-4-2-1-3-5-6;1-3-4-9-6(8)5(2)7;1-4-7(5-2)6-3;6-3-1-2-4(7)5(3)8;/h4-8,12H,3,9-11H2,1-2H3,(H,17,22);4-8,10H,3,9H2,1-2H3,(H,14,16);1-5H;5H,3-4,7H2,1-2H3;4-6H2,1-3H3;8H,1-2H2;1H/t12-,26?;10-,19?;;5-;;;/m00.0.../s1. The highest BCUT2D eigenvalue weighted by Crippen LogP contribution is 2.57. The molecular formula is C50H77Cl4N6O18P3. The van der Waals surface area contributed by atoms with Crippen molar-refractivity contribution in [2.24, 2.45) is 5.73 Å². The van der Waals surface area contributed by atoms with Crippen molar-refractivity contribution in [3.63, 3.8) is 0 Å². The van der Waals surface area contributed by atoms with Gasteiger partial charge in [-0.2, -0.15) is 14.8 Å². The highest BCUT2D eigenvalue weighted by Gasteiger charge is 2.41. The van der Waals surface area contributed by atoms with E-state index in [9.17, 15) is 47.3 Å². The predicted molar refractivity (Wildman–Crippen MR) is 310 cm³/mol. The molecule has 81 heavy (non-hydrogen) atoms. The van der Waals surface area contributed by atoms with Gasteiger partial charge in [0.05, 0.1) is 19.8 Å². The van der Waals surface area contributed by atoms with Crippen molar-refractivity contribution in [3.05, 3.63) is 91.0 Å². The van der Waals surface area contributed by atoms with Gasteiger partial charge in [-0.3, -0.25) is 38.8 Å². The number of esters is 3. The number of hydroxylamine groups is 4. The number of nitrogens with two attached hydrogens (primary N) is 1. The number of para-hydroxylation sites is 3. The highest BCUT2D eigenvalue weighted by molar-refractivity contribution is 8.05. The number of ether oxygens (including phenoxy) is 3. The summed E-state index contributed by atoms with van der Waals surface area (Å²) in [5.74, 6) is -2.82. The molecule has 5 rings (SSSR count). The summed E-state index contributed by atoms with van der Waals surface area (Å²) < 4.78 is 70.7.